The van der Waals surface area contributed by atoms with E-state index in [0.717, 1.165) is 26.2 Å². The second-order valence-corrected chi connectivity index (χ2v) is 3.64. The fraction of sp³-hybridized carbons (Fsp3) is 0.571. The summed E-state index contributed by atoms with van der Waals surface area (Å²) in [7, 11) is 0. The van der Waals surface area contributed by atoms with Crippen molar-refractivity contribution in [1.82, 2.24) is 10.6 Å². The molecule has 0 aliphatic rings. The van der Waals surface area contributed by atoms with Crippen molar-refractivity contribution in [2.45, 2.75) is 27.7 Å². The van der Waals surface area contributed by atoms with E-state index in [1.54, 1.807) is 26.0 Å². The zero-order valence-corrected chi connectivity index (χ0v) is 16.7. The van der Waals surface area contributed by atoms with Crippen LogP contribution in [0.25, 0.3) is 0 Å². The zero-order valence-electron chi connectivity index (χ0n) is 13.5. The molecule has 0 atom stereocenters. The van der Waals surface area contributed by atoms with Crippen molar-refractivity contribution in [2.75, 3.05) is 26.2 Å². The van der Waals surface area contributed by atoms with Gasteiger partial charge in [0.15, 0.2) is 11.6 Å². The van der Waals surface area contributed by atoms with Crippen molar-refractivity contribution in [3.8, 4) is 0 Å². The molecule has 22 heavy (non-hydrogen) atoms. The van der Waals surface area contributed by atoms with Gasteiger partial charge in [0, 0.05) is 35.5 Å². The number of nitrogens with one attached hydrogen (secondary N) is 2. The first-order valence-corrected chi connectivity index (χ1v) is 6.30. The number of hydrogen-bond acceptors (Lipinski definition) is 4. The maximum absolute atomic E-state index is 10.3. The predicted molar refractivity (Wildman–Crippen MR) is 76.7 cm³/mol. The minimum atomic E-state index is 0. The van der Waals surface area contributed by atoms with E-state index in [1.807, 2.05) is 26.0 Å². The number of hydrogen-bond donors (Lipinski definition) is 2. The minimum absolute atomic E-state index is 0. The van der Waals surface area contributed by atoms with Crippen LogP contribution in [0, 0.1) is 0 Å². The van der Waals surface area contributed by atoms with Gasteiger partial charge in [-0.1, -0.05) is 26.0 Å². The van der Waals surface area contributed by atoms with Crippen LogP contribution in [0.2, 0.25) is 0 Å². The molecule has 4 nitrogen and oxygen atoms in total. The quantitative estimate of drug-likeness (QED) is 0.261. The van der Waals surface area contributed by atoms with Crippen LogP contribution in [0.1, 0.15) is 27.7 Å². The van der Waals surface area contributed by atoms with E-state index >= 15 is 0 Å². The zero-order chi connectivity index (χ0) is 14.2. The monoisotopic (exact) mass is 492 g/mol. The summed E-state index contributed by atoms with van der Waals surface area (Å²) in [6, 6.07) is 0. The number of carbonyl (C=O) groups is 2. The predicted octanol–water partition coefficient (Wildman–Crippen LogP) is -7.51. The van der Waals surface area contributed by atoms with Gasteiger partial charge in [0.2, 0.25) is 0 Å². The molecule has 0 aromatic heterocycles. The van der Waals surface area contributed by atoms with E-state index in [0.29, 0.717) is 0 Å². The normalized spacial score (nSPS) is 8.55. The summed E-state index contributed by atoms with van der Waals surface area (Å²) in [6.45, 7) is 10.6. The number of ketones is 2. The molecule has 0 aromatic rings. The third-order valence-electron chi connectivity index (χ3n) is 1.73. The number of rotatable bonds is 8. The van der Waals surface area contributed by atoms with Crippen LogP contribution < -0.4 is 24.7 Å². The van der Waals surface area contributed by atoms with Crippen LogP contribution >= 0.6 is 0 Å². The molecule has 8 heteroatoms. The summed E-state index contributed by atoms with van der Waals surface area (Å²) in [5.74, 6) is 0.209. The molecule has 133 valence electrons. The maximum atomic E-state index is 10.3. The Bertz CT molecular complexity index is 261. The second-order valence-electron chi connectivity index (χ2n) is 3.64. The smallest absolute Gasteiger partial charge is 0.152 e. The molecule has 0 aliphatic heterocycles. The van der Waals surface area contributed by atoms with Gasteiger partial charge in [0.25, 0.3) is 0 Å². The van der Waals surface area contributed by atoms with E-state index in [1.165, 1.54) is 0 Å². The fourth-order valence-corrected chi connectivity index (χ4v) is 0.905. The van der Waals surface area contributed by atoms with E-state index in [2.05, 4.69) is 10.6 Å². The number of carbonyl (C=O) groups excluding carboxylic acids is 2. The number of halogens is 3. The molecule has 0 rings (SSSR count). The Morgan fingerprint density at radius 1 is 0.773 bits per heavy atom. The molecule has 0 spiro atoms. The summed E-state index contributed by atoms with van der Waals surface area (Å²) in [5.41, 5.74) is 0. The van der Waals surface area contributed by atoms with Crippen LogP contribution in [0.4, 0.5) is 0 Å². The number of allylic oxidation sites excluding steroid dienone is 2. The van der Waals surface area contributed by atoms with Crippen LogP contribution in [0.3, 0.4) is 0 Å². The van der Waals surface area contributed by atoms with Crippen molar-refractivity contribution < 1.29 is 46.1 Å². The SMILES string of the molecule is CCNCC=CC(C)=O.CCNCC=CC(C)=O.[F-].[F-].[F-].[Ta]. The molecule has 0 saturated carbocycles. The van der Waals surface area contributed by atoms with E-state index < -0.39 is 0 Å². The Labute approximate surface area is 146 Å². The Kier molecular flexibility index (Phi) is 55.0. The van der Waals surface area contributed by atoms with Crippen molar-refractivity contribution in [1.29, 1.82) is 0 Å². The maximum Gasteiger partial charge on any atom is 0.152 e. The number of likely N-dealkylation sites (N-methyl/N-ethyl adjacent to an activating group) is 2. The third-order valence-corrected chi connectivity index (χ3v) is 1.73. The van der Waals surface area contributed by atoms with Crippen LogP contribution in [-0.4, -0.2) is 37.7 Å². The first kappa shape index (κ1) is 37.5. The molecule has 0 aliphatic carbocycles. The standard InChI is InChI=1S/2C7H13NO.3FH.Ta/c2*1-3-8-6-4-5-7(2)9;;;;/h2*4-5,8H,3,6H2,1-2H3;3*1H;/p-3. The Morgan fingerprint density at radius 2 is 1.05 bits per heavy atom. The second kappa shape index (κ2) is 32.3. The van der Waals surface area contributed by atoms with E-state index in [9.17, 15) is 9.59 Å². The molecule has 0 heterocycles. The van der Waals surface area contributed by atoms with Crippen molar-refractivity contribution in [3.63, 3.8) is 0 Å². The molecule has 0 fully saturated rings. The van der Waals surface area contributed by atoms with Gasteiger partial charge in [-0.25, -0.2) is 0 Å². The molecular weight excluding hydrogens is 466 g/mol. The summed E-state index contributed by atoms with van der Waals surface area (Å²) in [4.78, 5) is 20.6. The molecule has 0 unspecified atom stereocenters. The van der Waals surface area contributed by atoms with Gasteiger partial charge >= 0.3 is 0 Å². The van der Waals surface area contributed by atoms with Gasteiger partial charge in [-0.05, 0) is 39.1 Å². The minimum Gasteiger partial charge on any atom is -1.00 e. The Morgan fingerprint density at radius 3 is 1.23 bits per heavy atom. The molecule has 0 aromatic carbocycles. The van der Waals surface area contributed by atoms with Crippen molar-refractivity contribution >= 4 is 11.6 Å². The van der Waals surface area contributed by atoms with E-state index in [4.69, 9.17) is 0 Å². The summed E-state index contributed by atoms with van der Waals surface area (Å²) >= 11 is 0. The third kappa shape index (κ3) is 50.6. The average Bonchev–Trinajstić information content (AvgIpc) is 2.31. The Balaban J connectivity index is -0.0000000492. The molecule has 0 bridgehead atoms. The molecular formula is C14H26F3N2O2Ta-3. The molecule has 0 amide bonds. The largest absolute Gasteiger partial charge is 1.00 e. The van der Waals surface area contributed by atoms with E-state index in [-0.39, 0.29) is 48.1 Å². The molecule has 1 radical (unpaired) electrons. The van der Waals surface area contributed by atoms with Gasteiger partial charge in [-0.2, -0.15) is 0 Å². The van der Waals surface area contributed by atoms with Crippen LogP contribution in [-0.2, 0) is 32.0 Å². The average molecular weight is 492 g/mol. The summed E-state index contributed by atoms with van der Waals surface area (Å²) in [6.07, 6.45) is 6.79. The Hall–Kier alpha value is -0.730. The van der Waals surface area contributed by atoms with Gasteiger partial charge in [0.05, 0.1) is 0 Å². The topological polar surface area (TPSA) is 58.2 Å². The van der Waals surface area contributed by atoms with Gasteiger partial charge < -0.3 is 24.7 Å². The molecule has 0 saturated heterocycles. The van der Waals surface area contributed by atoms with Crippen LogP contribution in [0.5, 0.6) is 0 Å². The van der Waals surface area contributed by atoms with Crippen molar-refractivity contribution in [2.24, 2.45) is 0 Å². The summed E-state index contributed by atoms with van der Waals surface area (Å²) < 4.78 is 0. The van der Waals surface area contributed by atoms with Crippen LogP contribution in [0.15, 0.2) is 24.3 Å². The first-order valence-electron chi connectivity index (χ1n) is 6.30. The van der Waals surface area contributed by atoms with Gasteiger partial charge in [-0.3, -0.25) is 9.59 Å². The summed E-state index contributed by atoms with van der Waals surface area (Å²) in [5, 5.41) is 6.13. The first-order chi connectivity index (χ1) is 8.54. The fourth-order valence-electron chi connectivity index (χ4n) is 0.905. The van der Waals surface area contributed by atoms with Gasteiger partial charge in [0.1, 0.15) is 0 Å². The molecule has 2 N–H and O–H groups in total. The van der Waals surface area contributed by atoms with Gasteiger partial charge in [-0.15, -0.1) is 0 Å². The van der Waals surface area contributed by atoms with Crippen molar-refractivity contribution in [3.05, 3.63) is 24.3 Å².